The molecule has 6 nitrogen and oxygen atoms in total. The van der Waals surface area contributed by atoms with Crippen LogP contribution in [0, 0.1) is 12.8 Å². The minimum absolute atomic E-state index is 0.132. The van der Waals surface area contributed by atoms with Gasteiger partial charge in [-0.25, -0.2) is 0 Å². The second-order valence-electron chi connectivity index (χ2n) is 7.15. The maximum absolute atomic E-state index is 12.8. The standard InChI is InChI=1S/C18H24N4O2/c1-13-10-16(4-5-19-13)20-6-8-21(9-7-20)18(24)14-11-17(23)22(12-14)15-2-3-15/h4-5,10,14-15H,2-3,6-9,11-12H2,1H3/t14-/m0/s1. The van der Waals surface area contributed by atoms with Crippen molar-refractivity contribution in [1.82, 2.24) is 14.8 Å². The Hall–Kier alpha value is -2.11. The fraction of sp³-hybridized carbons (Fsp3) is 0.611. The zero-order chi connectivity index (χ0) is 16.7. The lowest BCUT2D eigenvalue weighted by atomic mass is 10.1. The van der Waals surface area contributed by atoms with Crippen molar-refractivity contribution < 1.29 is 9.59 Å². The van der Waals surface area contributed by atoms with Gasteiger partial charge in [0.05, 0.1) is 5.92 Å². The number of piperazine rings is 1. The monoisotopic (exact) mass is 328 g/mol. The number of amides is 2. The zero-order valence-electron chi connectivity index (χ0n) is 14.1. The summed E-state index contributed by atoms with van der Waals surface area (Å²) in [5.41, 5.74) is 2.18. The van der Waals surface area contributed by atoms with Crippen molar-refractivity contribution in [2.45, 2.75) is 32.2 Å². The van der Waals surface area contributed by atoms with Gasteiger partial charge in [0, 0.05) is 62.8 Å². The van der Waals surface area contributed by atoms with E-state index in [9.17, 15) is 9.59 Å². The van der Waals surface area contributed by atoms with Gasteiger partial charge in [-0.1, -0.05) is 0 Å². The molecule has 3 fully saturated rings. The second kappa shape index (κ2) is 6.07. The molecule has 1 aromatic rings. The highest BCUT2D eigenvalue weighted by Gasteiger charge is 2.43. The largest absolute Gasteiger partial charge is 0.368 e. The van der Waals surface area contributed by atoms with Crippen molar-refractivity contribution in [2.24, 2.45) is 5.92 Å². The number of aromatic nitrogens is 1. The van der Waals surface area contributed by atoms with Crippen LogP contribution in [0.2, 0.25) is 0 Å². The maximum atomic E-state index is 12.8. The summed E-state index contributed by atoms with van der Waals surface area (Å²) < 4.78 is 0. The molecule has 1 aromatic heterocycles. The average molecular weight is 328 g/mol. The van der Waals surface area contributed by atoms with Crippen LogP contribution >= 0.6 is 0 Å². The Balaban J connectivity index is 1.34. The maximum Gasteiger partial charge on any atom is 0.228 e. The van der Waals surface area contributed by atoms with Crippen LogP contribution in [0.1, 0.15) is 25.0 Å². The Bertz CT molecular complexity index is 650. The number of anilines is 1. The van der Waals surface area contributed by atoms with Gasteiger partial charge in [0.15, 0.2) is 0 Å². The number of pyridine rings is 1. The highest BCUT2D eigenvalue weighted by atomic mass is 16.2. The molecule has 24 heavy (non-hydrogen) atoms. The number of hydrogen-bond donors (Lipinski definition) is 0. The molecule has 3 heterocycles. The molecule has 0 unspecified atom stereocenters. The van der Waals surface area contributed by atoms with E-state index in [1.54, 1.807) is 0 Å². The summed E-state index contributed by atoms with van der Waals surface area (Å²) in [5, 5.41) is 0. The van der Waals surface area contributed by atoms with Crippen molar-refractivity contribution >= 4 is 17.5 Å². The molecule has 128 valence electrons. The Kier molecular flexibility index (Phi) is 3.90. The number of rotatable bonds is 3. The SMILES string of the molecule is Cc1cc(N2CCN(C(=O)[C@H]3CC(=O)N(C4CC4)C3)CC2)ccn1. The predicted octanol–water partition coefficient (Wildman–Crippen LogP) is 1.05. The molecule has 2 amide bonds. The van der Waals surface area contributed by atoms with E-state index in [0.717, 1.165) is 44.7 Å². The summed E-state index contributed by atoms with van der Waals surface area (Å²) in [7, 11) is 0. The fourth-order valence-corrected chi connectivity index (χ4v) is 3.81. The van der Waals surface area contributed by atoms with Gasteiger partial charge in [0.1, 0.15) is 0 Å². The minimum Gasteiger partial charge on any atom is -0.368 e. The Labute approximate surface area is 142 Å². The van der Waals surface area contributed by atoms with Crippen LogP contribution < -0.4 is 4.90 Å². The predicted molar refractivity (Wildman–Crippen MR) is 90.6 cm³/mol. The summed E-state index contributed by atoms with van der Waals surface area (Å²) in [6.07, 6.45) is 4.45. The Morgan fingerprint density at radius 3 is 2.62 bits per heavy atom. The van der Waals surface area contributed by atoms with E-state index in [0.29, 0.717) is 19.0 Å². The second-order valence-corrected chi connectivity index (χ2v) is 7.15. The molecule has 2 saturated heterocycles. The molecule has 3 aliphatic rings. The van der Waals surface area contributed by atoms with E-state index < -0.39 is 0 Å². The van der Waals surface area contributed by atoms with Gasteiger partial charge in [0.25, 0.3) is 0 Å². The third kappa shape index (κ3) is 2.97. The molecule has 0 aromatic carbocycles. The lowest BCUT2D eigenvalue weighted by Gasteiger charge is -2.37. The lowest BCUT2D eigenvalue weighted by Crippen LogP contribution is -2.50. The minimum atomic E-state index is -0.132. The Morgan fingerprint density at radius 2 is 1.96 bits per heavy atom. The molecule has 6 heteroatoms. The van der Waals surface area contributed by atoms with E-state index in [1.165, 1.54) is 5.69 Å². The first-order valence-electron chi connectivity index (χ1n) is 8.87. The molecule has 2 aliphatic heterocycles. The summed E-state index contributed by atoms with van der Waals surface area (Å²) >= 11 is 0. The van der Waals surface area contributed by atoms with Gasteiger partial charge >= 0.3 is 0 Å². The van der Waals surface area contributed by atoms with Crippen molar-refractivity contribution in [1.29, 1.82) is 0 Å². The highest BCUT2D eigenvalue weighted by Crippen LogP contribution is 2.33. The number of aryl methyl sites for hydroxylation is 1. The smallest absolute Gasteiger partial charge is 0.228 e. The first-order valence-corrected chi connectivity index (χ1v) is 8.87. The van der Waals surface area contributed by atoms with Crippen molar-refractivity contribution in [3.05, 3.63) is 24.0 Å². The molecule has 0 spiro atoms. The normalized spacial score (nSPS) is 24.6. The van der Waals surface area contributed by atoms with Crippen LogP contribution in [-0.2, 0) is 9.59 Å². The van der Waals surface area contributed by atoms with Gasteiger partial charge in [-0.15, -0.1) is 0 Å². The Morgan fingerprint density at radius 1 is 1.21 bits per heavy atom. The van der Waals surface area contributed by atoms with Crippen molar-refractivity contribution in [3.8, 4) is 0 Å². The molecule has 1 saturated carbocycles. The third-order valence-corrected chi connectivity index (χ3v) is 5.33. The van der Waals surface area contributed by atoms with Gasteiger partial charge in [-0.3, -0.25) is 14.6 Å². The molecule has 1 atom stereocenters. The molecular formula is C18H24N4O2. The van der Waals surface area contributed by atoms with E-state index >= 15 is 0 Å². The number of carbonyl (C=O) groups is 2. The number of carbonyl (C=O) groups excluding carboxylic acids is 2. The first-order chi connectivity index (χ1) is 11.6. The number of likely N-dealkylation sites (tertiary alicyclic amines) is 1. The average Bonchev–Trinajstić information content (AvgIpc) is 3.36. The summed E-state index contributed by atoms with van der Waals surface area (Å²) in [4.78, 5) is 35.2. The first kappa shape index (κ1) is 15.4. The molecule has 4 rings (SSSR count). The van der Waals surface area contributed by atoms with Gasteiger partial charge in [0.2, 0.25) is 11.8 Å². The van der Waals surface area contributed by atoms with E-state index in [4.69, 9.17) is 0 Å². The van der Waals surface area contributed by atoms with E-state index in [2.05, 4.69) is 16.0 Å². The van der Waals surface area contributed by atoms with Crippen LogP contribution in [0.5, 0.6) is 0 Å². The van der Waals surface area contributed by atoms with E-state index in [-0.39, 0.29) is 17.7 Å². The molecular weight excluding hydrogens is 304 g/mol. The molecule has 0 bridgehead atoms. The quantitative estimate of drug-likeness (QED) is 0.832. The van der Waals surface area contributed by atoms with Gasteiger partial charge in [-0.05, 0) is 31.9 Å². The van der Waals surface area contributed by atoms with Crippen molar-refractivity contribution in [3.63, 3.8) is 0 Å². The fourth-order valence-electron chi connectivity index (χ4n) is 3.81. The van der Waals surface area contributed by atoms with Gasteiger partial charge < -0.3 is 14.7 Å². The lowest BCUT2D eigenvalue weighted by molar-refractivity contribution is -0.136. The zero-order valence-corrected chi connectivity index (χ0v) is 14.1. The molecule has 0 N–H and O–H groups in total. The van der Waals surface area contributed by atoms with Crippen LogP contribution in [0.3, 0.4) is 0 Å². The van der Waals surface area contributed by atoms with Crippen LogP contribution in [-0.4, -0.2) is 65.4 Å². The number of nitrogens with zero attached hydrogens (tertiary/aromatic N) is 4. The third-order valence-electron chi connectivity index (χ3n) is 5.33. The van der Waals surface area contributed by atoms with Gasteiger partial charge in [-0.2, -0.15) is 0 Å². The molecule has 0 radical (unpaired) electrons. The summed E-state index contributed by atoms with van der Waals surface area (Å²) in [5.74, 6) is 0.201. The summed E-state index contributed by atoms with van der Waals surface area (Å²) in [6.45, 7) is 5.76. The van der Waals surface area contributed by atoms with E-state index in [1.807, 2.05) is 29.0 Å². The summed E-state index contributed by atoms with van der Waals surface area (Å²) in [6, 6.07) is 4.52. The van der Waals surface area contributed by atoms with Crippen molar-refractivity contribution in [2.75, 3.05) is 37.6 Å². The van der Waals surface area contributed by atoms with Crippen LogP contribution in [0.25, 0.3) is 0 Å². The number of hydrogen-bond acceptors (Lipinski definition) is 4. The highest BCUT2D eigenvalue weighted by molar-refractivity contribution is 5.89. The topological polar surface area (TPSA) is 56.8 Å². The van der Waals surface area contributed by atoms with Crippen LogP contribution in [0.4, 0.5) is 5.69 Å². The van der Waals surface area contributed by atoms with Crippen LogP contribution in [0.15, 0.2) is 18.3 Å². The molecule has 1 aliphatic carbocycles.